The number of amides is 1. The first-order valence-electron chi connectivity index (χ1n) is 10.9. The summed E-state index contributed by atoms with van der Waals surface area (Å²) in [5.41, 5.74) is 1.32. The number of halogens is 1. The van der Waals surface area contributed by atoms with Crippen LogP contribution in [-0.4, -0.2) is 38.7 Å². The van der Waals surface area contributed by atoms with Gasteiger partial charge in [0, 0.05) is 37.8 Å². The maximum absolute atomic E-state index is 14.6. The van der Waals surface area contributed by atoms with Gasteiger partial charge in [-0.15, -0.1) is 10.2 Å². The number of nitrogens with one attached hydrogen (secondary N) is 1. The first-order chi connectivity index (χ1) is 15.2. The van der Waals surface area contributed by atoms with Crippen LogP contribution in [0, 0.1) is 5.82 Å². The Morgan fingerprint density at radius 2 is 1.84 bits per heavy atom. The Kier molecular flexibility index (Phi) is 5.36. The summed E-state index contributed by atoms with van der Waals surface area (Å²) in [6, 6.07) is 8.16. The summed E-state index contributed by atoms with van der Waals surface area (Å²) in [5.74, 6) is 1.47. The summed E-state index contributed by atoms with van der Waals surface area (Å²) >= 11 is 0. The molecule has 160 valence electrons. The second kappa shape index (κ2) is 8.45. The predicted octanol–water partition coefficient (Wildman–Crippen LogP) is 4.06. The van der Waals surface area contributed by atoms with Gasteiger partial charge in [-0.25, -0.2) is 9.37 Å². The predicted molar refractivity (Wildman–Crippen MR) is 117 cm³/mol. The number of fused-ring (bicyclic) bond motifs is 1. The quantitative estimate of drug-likeness (QED) is 0.689. The van der Waals surface area contributed by atoms with E-state index < -0.39 is 5.82 Å². The molecule has 3 aromatic rings. The number of aromatic nitrogens is 4. The molecular formula is C23H25FN6O. The number of carbonyl (C=O) groups is 1. The average molecular weight is 420 g/mol. The first-order valence-corrected chi connectivity index (χ1v) is 10.9. The number of nitrogens with zero attached hydrogens (tertiary/aromatic N) is 5. The number of rotatable bonds is 4. The third kappa shape index (κ3) is 3.89. The van der Waals surface area contributed by atoms with E-state index >= 15 is 0 Å². The molecule has 2 aliphatic heterocycles. The summed E-state index contributed by atoms with van der Waals surface area (Å²) in [6.45, 7) is 2.60. The SMILES string of the molecule is O=C(Nc1cc(-c2nnc3n2CCCCC3)ccc1F)c1cccnc1N1CCCC1. The molecule has 0 unspecified atom stereocenters. The van der Waals surface area contributed by atoms with Crippen LogP contribution >= 0.6 is 0 Å². The zero-order valence-corrected chi connectivity index (χ0v) is 17.4. The second-order valence-corrected chi connectivity index (χ2v) is 8.12. The molecule has 1 N–H and O–H groups in total. The lowest BCUT2D eigenvalue weighted by atomic mass is 10.1. The molecule has 0 radical (unpaired) electrons. The molecule has 2 aromatic heterocycles. The van der Waals surface area contributed by atoms with Gasteiger partial charge in [0.1, 0.15) is 17.5 Å². The van der Waals surface area contributed by atoms with Crippen LogP contribution in [0.25, 0.3) is 11.4 Å². The van der Waals surface area contributed by atoms with Gasteiger partial charge < -0.3 is 14.8 Å². The summed E-state index contributed by atoms with van der Waals surface area (Å²) in [6.07, 6.45) is 8.09. The highest BCUT2D eigenvalue weighted by Crippen LogP contribution is 2.28. The molecule has 0 spiro atoms. The summed E-state index contributed by atoms with van der Waals surface area (Å²) in [5, 5.41) is 11.4. The van der Waals surface area contributed by atoms with Crippen LogP contribution in [0.3, 0.4) is 0 Å². The van der Waals surface area contributed by atoms with Crippen LogP contribution < -0.4 is 10.2 Å². The molecule has 0 saturated carbocycles. The molecule has 31 heavy (non-hydrogen) atoms. The summed E-state index contributed by atoms with van der Waals surface area (Å²) in [4.78, 5) is 19.6. The van der Waals surface area contributed by atoms with Gasteiger partial charge in [0.25, 0.3) is 5.91 Å². The lowest BCUT2D eigenvalue weighted by molar-refractivity contribution is 0.102. The van der Waals surface area contributed by atoms with Crippen molar-refractivity contribution in [3.63, 3.8) is 0 Å². The van der Waals surface area contributed by atoms with Crippen LogP contribution in [0.1, 0.15) is 48.3 Å². The van der Waals surface area contributed by atoms with Gasteiger partial charge in [0.05, 0.1) is 11.3 Å². The highest BCUT2D eigenvalue weighted by Gasteiger charge is 2.22. The monoisotopic (exact) mass is 420 g/mol. The third-order valence-electron chi connectivity index (χ3n) is 6.02. The number of hydrogen-bond acceptors (Lipinski definition) is 5. The highest BCUT2D eigenvalue weighted by atomic mass is 19.1. The number of hydrogen-bond donors (Lipinski definition) is 1. The van der Waals surface area contributed by atoms with Crippen molar-refractivity contribution in [2.75, 3.05) is 23.3 Å². The second-order valence-electron chi connectivity index (χ2n) is 8.12. The van der Waals surface area contributed by atoms with Crippen LogP contribution in [0.2, 0.25) is 0 Å². The molecule has 2 aliphatic rings. The van der Waals surface area contributed by atoms with E-state index in [2.05, 4.69) is 30.0 Å². The standard InChI is InChI=1S/C23H25FN6O/c24-18-10-9-16(21-28-27-20-8-2-1-3-14-30(20)21)15-19(18)26-23(31)17-7-6-11-25-22(17)29-12-4-5-13-29/h6-7,9-11,15H,1-5,8,12-14H2,(H,26,31). The maximum atomic E-state index is 14.6. The molecule has 8 heteroatoms. The van der Waals surface area contributed by atoms with E-state index in [4.69, 9.17) is 0 Å². The van der Waals surface area contributed by atoms with E-state index in [1.54, 1.807) is 30.5 Å². The molecule has 1 amide bonds. The molecule has 5 rings (SSSR count). The van der Waals surface area contributed by atoms with Crippen LogP contribution in [0.15, 0.2) is 36.5 Å². The Hall–Kier alpha value is -3.29. The topological polar surface area (TPSA) is 75.9 Å². The zero-order valence-electron chi connectivity index (χ0n) is 17.4. The molecule has 0 bridgehead atoms. The van der Waals surface area contributed by atoms with Crippen molar-refractivity contribution in [1.82, 2.24) is 19.7 Å². The van der Waals surface area contributed by atoms with E-state index in [1.807, 2.05) is 0 Å². The van der Waals surface area contributed by atoms with Gasteiger partial charge in [0.15, 0.2) is 5.82 Å². The normalized spacial score (nSPS) is 16.1. The lowest BCUT2D eigenvalue weighted by Gasteiger charge is -2.19. The van der Waals surface area contributed by atoms with Gasteiger partial charge in [-0.1, -0.05) is 6.42 Å². The van der Waals surface area contributed by atoms with Crippen molar-refractivity contribution in [1.29, 1.82) is 0 Å². The van der Waals surface area contributed by atoms with Crippen LogP contribution in [0.4, 0.5) is 15.9 Å². The fourth-order valence-electron chi connectivity index (χ4n) is 4.40. The smallest absolute Gasteiger partial charge is 0.259 e. The van der Waals surface area contributed by atoms with Crippen molar-refractivity contribution < 1.29 is 9.18 Å². The molecule has 7 nitrogen and oxygen atoms in total. The lowest BCUT2D eigenvalue weighted by Crippen LogP contribution is -2.24. The molecular weight excluding hydrogens is 395 g/mol. The minimum atomic E-state index is -0.487. The Labute approximate surface area is 180 Å². The Morgan fingerprint density at radius 3 is 2.71 bits per heavy atom. The molecule has 0 aliphatic carbocycles. The maximum Gasteiger partial charge on any atom is 0.259 e. The van der Waals surface area contributed by atoms with Crippen LogP contribution in [0.5, 0.6) is 0 Å². The first kappa shape index (κ1) is 19.7. The fourth-order valence-corrected chi connectivity index (χ4v) is 4.40. The van der Waals surface area contributed by atoms with Crippen molar-refractivity contribution in [2.45, 2.75) is 45.1 Å². The number of carbonyl (C=O) groups excluding carboxylic acids is 1. The minimum absolute atomic E-state index is 0.129. The molecule has 1 aromatic carbocycles. The number of aryl methyl sites for hydroxylation is 1. The molecule has 1 fully saturated rings. The average Bonchev–Trinajstić information content (AvgIpc) is 3.41. The third-order valence-corrected chi connectivity index (χ3v) is 6.02. The zero-order chi connectivity index (χ0) is 21.2. The Morgan fingerprint density at radius 1 is 1.00 bits per heavy atom. The van der Waals surface area contributed by atoms with Gasteiger partial charge >= 0.3 is 0 Å². The molecule has 1 saturated heterocycles. The largest absolute Gasteiger partial charge is 0.356 e. The van der Waals surface area contributed by atoms with Crippen molar-refractivity contribution >= 4 is 17.4 Å². The van der Waals surface area contributed by atoms with Gasteiger partial charge in [-0.05, 0) is 56.0 Å². The van der Waals surface area contributed by atoms with Gasteiger partial charge in [-0.3, -0.25) is 4.79 Å². The Balaban J connectivity index is 1.44. The van der Waals surface area contributed by atoms with E-state index in [0.29, 0.717) is 17.2 Å². The number of benzene rings is 1. The number of pyridine rings is 1. The fraction of sp³-hybridized carbons (Fsp3) is 0.391. The Bertz CT molecular complexity index is 1110. The highest BCUT2D eigenvalue weighted by molar-refractivity contribution is 6.07. The van der Waals surface area contributed by atoms with E-state index in [9.17, 15) is 9.18 Å². The van der Waals surface area contributed by atoms with Crippen LogP contribution in [-0.2, 0) is 13.0 Å². The minimum Gasteiger partial charge on any atom is -0.356 e. The van der Waals surface area contributed by atoms with E-state index in [0.717, 1.165) is 69.5 Å². The summed E-state index contributed by atoms with van der Waals surface area (Å²) in [7, 11) is 0. The van der Waals surface area contributed by atoms with Gasteiger partial charge in [0.2, 0.25) is 0 Å². The summed E-state index contributed by atoms with van der Waals surface area (Å²) < 4.78 is 16.7. The molecule has 0 atom stereocenters. The van der Waals surface area contributed by atoms with E-state index in [1.165, 1.54) is 6.07 Å². The molecule has 4 heterocycles. The van der Waals surface area contributed by atoms with Crippen molar-refractivity contribution in [2.24, 2.45) is 0 Å². The number of anilines is 2. The van der Waals surface area contributed by atoms with E-state index in [-0.39, 0.29) is 11.6 Å². The van der Waals surface area contributed by atoms with Crippen molar-refractivity contribution in [3.8, 4) is 11.4 Å². The van der Waals surface area contributed by atoms with Gasteiger partial charge in [-0.2, -0.15) is 0 Å². The van der Waals surface area contributed by atoms with Crippen molar-refractivity contribution in [3.05, 3.63) is 53.7 Å².